The molecule has 2 aromatic heterocycles. The summed E-state index contributed by atoms with van der Waals surface area (Å²) in [6.07, 6.45) is -0.0557. The van der Waals surface area contributed by atoms with Crippen LogP contribution in [0.4, 0.5) is 10.6 Å². The molecule has 0 aliphatic carbocycles. The third-order valence-electron chi connectivity index (χ3n) is 4.61. The quantitative estimate of drug-likeness (QED) is 0.330. The molecule has 0 radical (unpaired) electrons. The van der Waals surface area contributed by atoms with Crippen molar-refractivity contribution in [2.75, 3.05) is 19.3 Å². The Labute approximate surface area is 167 Å². The maximum absolute atomic E-state index is 11.4. The van der Waals surface area contributed by atoms with Crippen molar-refractivity contribution in [2.24, 2.45) is 0 Å². The standard InChI is InChI=1S/C18H25N7O4/c1-3-4-5-6-7-11-23-15(19)12-16(24-11)25(9-22-12)17-14(27)13(26)10(29-17)8-21-18(28)20-2/h9-10,13-14,17,26-27H,3-5,8H2,1-2H3,(H2,19,23,24)(H2,20,21,28)/t10-,13-,14-,17-/m1/s1. The van der Waals surface area contributed by atoms with Crippen molar-refractivity contribution in [2.45, 2.75) is 50.7 Å². The number of unbranched alkanes of at least 4 members (excludes halogenated alkanes) is 2. The van der Waals surface area contributed by atoms with E-state index >= 15 is 0 Å². The van der Waals surface area contributed by atoms with E-state index in [2.05, 4.69) is 44.4 Å². The molecule has 4 atom stereocenters. The second-order valence-corrected chi connectivity index (χ2v) is 6.67. The minimum absolute atomic E-state index is 0.0201. The summed E-state index contributed by atoms with van der Waals surface area (Å²) in [5.41, 5.74) is 6.67. The smallest absolute Gasteiger partial charge is 0.314 e. The Bertz CT molecular complexity index is 935. The highest BCUT2D eigenvalue weighted by molar-refractivity contribution is 5.82. The van der Waals surface area contributed by atoms with Gasteiger partial charge in [0.15, 0.2) is 17.7 Å². The van der Waals surface area contributed by atoms with Crippen molar-refractivity contribution in [1.82, 2.24) is 30.2 Å². The predicted molar refractivity (Wildman–Crippen MR) is 105 cm³/mol. The summed E-state index contributed by atoms with van der Waals surface area (Å²) < 4.78 is 7.25. The first kappa shape index (κ1) is 20.8. The van der Waals surface area contributed by atoms with Crippen LogP contribution in [0.1, 0.15) is 38.2 Å². The molecule has 11 nitrogen and oxygen atoms in total. The van der Waals surface area contributed by atoms with Crippen LogP contribution in [0.25, 0.3) is 11.2 Å². The van der Waals surface area contributed by atoms with E-state index in [4.69, 9.17) is 10.5 Å². The van der Waals surface area contributed by atoms with Gasteiger partial charge in [-0.3, -0.25) is 4.57 Å². The topological polar surface area (TPSA) is 160 Å². The lowest BCUT2D eigenvalue weighted by Gasteiger charge is -2.16. The fourth-order valence-electron chi connectivity index (χ4n) is 3.00. The molecule has 0 unspecified atom stereocenters. The minimum atomic E-state index is -1.25. The molecule has 0 saturated carbocycles. The molecular weight excluding hydrogens is 378 g/mol. The molecule has 6 N–H and O–H groups in total. The van der Waals surface area contributed by atoms with Crippen molar-refractivity contribution in [3.8, 4) is 11.8 Å². The van der Waals surface area contributed by atoms with Crippen LogP contribution < -0.4 is 16.4 Å². The number of aromatic nitrogens is 4. The summed E-state index contributed by atoms with van der Waals surface area (Å²) in [4.78, 5) is 24.1. The number of aliphatic hydroxyl groups excluding tert-OH is 2. The number of fused-ring (bicyclic) bond motifs is 1. The van der Waals surface area contributed by atoms with Gasteiger partial charge in [-0.1, -0.05) is 19.3 Å². The number of ether oxygens (including phenoxy) is 1. The molecule has 29 heavy (non-hydrogen) atoms. The van der Waals surface area contributed by atoms with Gasteiger partial charge in [-0.25, -0.2) is 19.7 Å². The van der Waals surface area contributed by atoms with Crippen molar-refractivity contribution < 1.29 is 19.7 Å². The molecule has 1 aliphatic heterocycles. The van der Waals surface area contributed by atoms with Crippen LogP contribution in [0.2, 0.25) is 0 Å². The number of imidazole rings is 1. The third-order valence-corrected chi connectivity index (χ3v) is 4.61. The molecule has 0 bridgehead atoms. The number of anilines is 1. The Hall–Kier alpha value is -2.94. The number of amides is 2. The second kappa shape index (κ2) is 9.04. The zero-order valence-corrected chi connectivity index (χ0v) is 16.3. The molecule has 156 valence electrons. The molecule has 0 aromatic carbocycles. The molecule has 3 heterocycles. The summed E-state index contributed by atoms with van der Waals surface area (Å²) in [5.74, 6) is 6.31. The number of nitrogens with zero attached hydrogens (tertiary/aromatic N) is 4. The van der Waals surface area contributed by atoms with E-state index in [9.17, 15) is 15.0 Å². The summed E-state index contributed by atoms with van der Waals surface area (Å²) in [6.45, 7) is 2.10. The molecule has 3 rings (SSSR count). The SMILES string of the molecule is CCCCC#Cc1nc(N)c2ncn([C@@H]3O[C@H](CNC(=O)NC)[C@@H](O)[C@H]3O)c2n1. The van der Waals surface area contributed by atoms with Crippen LogP contribution in [0.5, 0.6) is 0 Å². The summed E-state index contributed by atoms with van der Waals surface area (Å²) in [7, 11) is 1.48. The van der Waals surface area contributed by atoms with Crippen molar-refractivity contribution >= 4 is 23.0 Å². The summed E-state index contributed by atoms with van der Waals surface area (Å²) in [5, 5.41) is 25.7. The van der Waals surface area contributed by atoms with E-state index in [-0.39, 0.29) is 18.2 Å². The number of aliphatic hydroxyl groups is 2. The van der Waals surface area contributed by atoms with Crippen LogP contribution in [-0.4, -0.2) is 67.7 Å². The molecule has 1 saturated heterocycles. The van der Waals surface area contributed by atoms with E-state index < -0.39 is 30.6 Å². The van der Waals surface area contributed by atoms with E-state index in [1.165, 1.54) is 17.9 Å². The number of carbonyl (C=O) groups is 1. The summed E-state index contributed by atoms with van der Waals surface area (Å²) >= 11 is 0. The first-order valence-electron chi connectivity index (χ1n) is 9.42. The number of rotatable bonds is 5. The fourth-order valence-corrected chi connectivity index (χ4v) is 3.00. The fraction of sp³-hybridized carbons (Fsp3) is 0.556. The highest BCUT2D eigenvalue weighted by atomic mass is 16.6. The average Bonchev–Trinajstić information content (AvgIpc) is 3.25. The van der Waals surface area contributed by atoms with E-state index in [0.717, 1.165) is 19.3 Å². The number of urea groups is 1. The Morgan fingerprint density at radius 3 is 2.90 bits per heavy atom. The second-order valence-electron chi connectivity index (χ2n) is 6.67. The van der Waals surface area contributed by atoms with Crippen LogP contribution in [-0.2, 0) is 4.74 Å². The van der Waals surface area contributed by atoms with Gasteiger partial charge in [-0.05, 0) is 12.3 Å². The van der Waals surface area contributed by atoms with E-state index in [1.807, 2.05) is 0 Å². The number of hydrogen-bond donors (Lipinski definition) is 5. The number of hydrogen-bond acceptors (Lipinski definition) is 8. The van der Waals surface area contributed by atoms with Crippen molar-refractivity contribution in [3.63, 3.8) is 0 Å². The number of carbonyl (C=O) groups excluding carboxylic acids is 1. The highest BCUT2D eigenvalue weighted by Crippen LogP contribution is 2.31. The van der Waals surface area contributed by atoms with Crippen LogP contribution >= 0.6 is 0 Å². The van der Waals surface area contributed by atoms with E-state index in [1.54, 1.807) is 0 Å². The molecule has 0 spiro atoms. The largest absolute Gasteiger partial charge is 0.387 e. The zero-order valence-electron chi connectivity index (χ0n) is 16.3. The first-order chi connectivity index (χ1) is 14.0. The molecule has 1 aliphatic rings. The van der Waals surface area contributed by atoms with Gasteiger partial charge in [0, 0.05) is 20.0 Å². The first-order valence-corrected chi connectivity index (χ1v) is 9.42. The van der Waals surface area contributed by atoms with Gasteiger partial charge in [0.1, 0.15) is 23.8 Å². The third kappa shape index (κ3) is 4.40. The lowest BCUT2D eigenvalue weighted by atomic mass is 10.1. The summed E-state index contributed by atoms with van der Waals surface area (Å²) in [6, 6.07) is -0.418. The lowest BCUT2D eigenvalue weighted by molar-refractivity contribution is -0.0335. The maximum Gasteiger partial charge on any atom is 0.314 e. The highest BCUT2D eigenvalue weighted by Gasteiger charge is 2.44. The van der Waals surface area contributed by atoms with Crippen molar-refractivity contribution in [3.05, 3.63) is 12.2 Å². The molecule has 2 amide bonds. The average molecular weight is 403 g/mol. The maximum atomic E-state index is 11.4. The molecule has 1 fully saturated rings. The van der Waals surface area contributed by atoms with Gasteiger partial charge in [-0.15, -0.1) is 0 Å². The van der Waals surface area contributed by atoms with Crippen LogP contribution in [0.15, 0.2) is 6.33 Å². The molecule has 2 aromatic rings. The number of nitrogens with two attached hydrogens (primary N) is 1. The lowest BCUT2D eigenvalue weighted by Crippen LogP contribution is -2.42. The van der Waals surface area contributed by atoms with Crippen LogP contribution in [0, 0.1) is 11.8 Å². The minimum Gasteiger partial charge on any atom is -0.387 e. The van der Waals surface area contributed by atoms with Gasteiger partial charge >= 0.3 is 6.03 Å². The Morgan fingerprint density at radius 1 is 1.38 bits per heavy atom. The normalized spacial score (nSPS) is 23.6. The van der Waals surface area contributed by atoms with Gasteiger partial charge in [-0.2, -0.15) is 0 Å². The van der Waals surface area contributed by atoms with E-state index in [0.29, 0.717) is 11.2 Å². The monoisotopic (exact) mass is 403 g/mol. The van der Waals surface area contributed by atoms with Gasteiger partial charge < -0.3 is 31.3 Å². The Balaban J connectivity index is 1.85. The predicted octanol–water partition coefficient (Wildman–Crippen LogP) is -0.502. The van der Waals surface area contributed by atoms with Gasteiger partial charge in [0.05, 0.1) is 6.33 Å². The van der Waals surface area contributed by atoms with Gasteiger partial charge in [0.2, 0.25) is 5.82 Å². The Morgan fingerprint density at radius 2 is 2.17 bits per heavy atom. The number of nitrogen functional groups attached to an aromatic ring is 1. The van der Waals surface area contributed by atoms with Gasteiger partial charge in [0.25, 0.3) is 0 Å². The molecular formula is C18H25N7O4. The van der Waals surface area contributed by atoms with Crippen molar-refractivity contribution in [1.29, 1.82) is 0 Å². The Kier molecular flexibility index (Phi) is 6.48. The number of nitrogens with one attached hydrogen (secondary N) is 2. The van der Waals surface area contributed by atoms with Crippen LogP contribution in [0.3, 0.4) is 0 Å². The zero-order chi connectivity index (χ0) is 21.0. The molecule has 11 heteroatoms.